The van der Waals surface area contributed by atoms with Gasteiger partial charge in [0.15, 0.2) is 5.76 Å². The molecule has 0 unspecified atom stereocenters. The molecule has 0 fully saturated rings. The second-order valence-corrected chi connectivity index (χ2v) is 8.99. The Bertz CT molecular complexity index is 1470. The smallest absolute Gasteiger partial charge is 0.379 e. The molecule has 0 saturated carbocycles. The molecule has 170 valence electrons. The third kappa shape index (κ3) is 4.11. The number of Topliss-reactive ketones (excluding diaryl/α,β-unsaturated/α-hetero) is 1. The number of carbonyl (C=O) groups excluding carboxylic acids is 2. The zero-order valence-electron chi connectivity index (χ0n) is 18.8. The highest BCUT2D eigenvalue weighted by molar-refractivity contribution is 6.31. The van der Waals surface area contributed by atoms with Crippen molar-refractivity contribution in [3.05, 3.63) is 99.5 Å². The molecule has 0 N–H and O–H groups in total. The van der Waals surface area contributed by atoms with Gasteiger partial charge in [0.05, 0.1) is 5.56 Å². The molecule has 3 aromatic carbocycles. The monoisotopic (exact) mass is 472 g/mol. The molecule has 1 aromatic heterocycles. The lowest BCUT2D eigenvalue weighted by atomic mass is 10.0. The molecule has 0 amide bonds. The quantitative estimate of drug-likeness (QED) is 0.176. The van der Waals surface area contributed by atoms with E-state index in [-0.39, 0.29) is 23.1 Å². The fourth-order valence-electron chi connectivity index (χ4n) is 3.94. The van der Waals surface area contributed by atoms with Crippen molar-refractivity contribution in [1.82, 2.24) is 0 Å². The highest BCUT2D eigenvalue weighted by Crippen LogP contribution is 2.38. The Kier molecular flexibility index (Phi) is 5.50. The molecule has 5 nitrogen and oxygen atoms in total. The predicted octanol–water partition coefficient (Wildman–Crippen LogP) is 7.35. The van der Waals surface area contributed by atoms with E-state index in [0.717, 1.165) is 5.56 Å². The largest absolute Gasteiger partial charge is 0.452 e. The van der Waals surface area contributed by atoms with Gasteiger partial charge in [-0.1, -0.05) is 49.7 Å². The van der Waals surface area contributed by atoms with E-state index in [2.05, 4.69) is 13.8 Å². The normalized spacial score (nSPS) is 14.0. The summed E-state index contributed by atoms with van der Waals surface area (Å²) in [7, 11) is 0. The van der Waals surface area contributed by atoms with Gasteiger partial charge in [-0.05, 0) is 65.9 Å². The molecule has 0 radical (unpaired) electrons. The van der Waals surface area contributed by atoms with Crippen LogP contribution in [0.1, 0.15) is 57.4 Å². The standard InChI is InChI=1S/C28H21ClO5/c1-15(2)18-6-4-17(5-7-18)11-24-27(30)26-16(3)10-21(14-23(26)34-24)32-28(31)25-13-19-12-20(29)8-9-22(19)33-25/h4-15H,1-3H3/b24-11-. The Morgan fingerprint density at radius 1 is 1.03 bits per heavy atom. The summed E-state index contributed by atoms with van der Waals surface area (Å²) in [6.07, 6.45) is 1.72. The first-order valence-electron chi connectivity index (χ1n) is 10.9. The SMILES string of the molecule is Cc1cc(OC(=O)c2cc3cc(Cl)ccc3o2)cc2c1C(=O)/C(=C/c1ccc(C(C)C)cc1)O2. The zero-order chi connectivity index (χ0) is 24.0. The molecule has 1 aliphatic rings. The first-order chi connectivity index (χ1) is 16.3. The second kappa shape index (κ2) is 8.50. The van der Waals surface area contributed by atoms with Crippen molar-refractivity contribution in [2.24, 2.45) is 0 Å². The number of esters is 1. The van der Waals surface area contributed by atoms with Crippen LogP contribution in [0.15, 0.2) is 70.8 Å². The highest BCUT2D eigenvalue weighted by atomic mass is 35.5. The maximum Gasteiger partial charge on any atom is 0.379 e. The number of carbonyl (C=O) groups is 2. The predicted molar refractivity (Wildman–Crippen MR) is 131 cm³/mol. The molecule has 1 aliphatic heterocycles. The number of furan rings is 1. The molecular weight excluding hydrogens is 452 g/mol. The first kappa shape index (κ1) is 22.0. The number of benzene rings is 3. The van der Waals surface area contributed by atoms with Crippen LogP contribution in [-0.4, -0.2) is 11.8 Å². The van der Waals surface area contributed by atoms with Gasteiger partial charge in [0.25, 0.3) is 0 Å². The number of allylic oxidation sites excluding steroid dienone is 1. The number of rotatable bonds is 4. The maximum absolute atomic E-state index is 13.0. The van der Waals surface area contributed by atoms with Crippen molar-refractivity contribution in [3.63, 3.8) is 0 Å². The molecular formula is C28H21ClO5. The van der Waals surface area contributed by atoms with Crippen LogP contribution < -0.4 is 9.47 Å². The van der Waals surface area contributed by atoms with Gasteiger partial charge >= 0.3 is 5.97 Å². The molecule has 4 aromatic rings. The van der Waals surface area contributed by atoms with Crippen LogP contribution in [-0.2, 0) is 0 Å². The summed E-state index contributed by atoms with van der Waals surface area (Å²) in [4.78, 5) is 25.6. The van der Waals surface area contributed by atoms with E-state index >= 15 is 0 Å². The number of hydrogen-bond acceptors (Lipinski definition) is 5. The Hall–Kier alpha value is -3.83. The molecule has 0 bridgehead atoms. The summed E-state index contributed by atoms with van der Waals surface area (Å²) >= 11 is 6.00. The molecule has 2 heterocycles. The molecule has 0 atom stereocenters. The van der Waals surface area contributed by atoms with E-state index in [1.165, 1.54) is 5.56 Å². The molecule has 0 spiro atoms. The minimum atomic E-state index is -0.656. The minimum Gasteiger partial charge on any atom is -0.452 e. The van der Waals surface area contributed by atoms with Gasteiger partial charge in [0.2, 0.25) is 11.5 Å². The molecule has 5 rings (SSSR count). The van der Waals surface area contributed by atoms with Crippen LogP contribution in [0.4, 0.5) is 0 Å². The van der Waals surface area contributed by atoms with E-state index in [4.69, 9.17) is 25.5 Å². The van der Waals surface area contributed by atoms with Gasteiger partial charge in [-0.2, -0.15) is 0 Å². The van der Waals surface area contributed by atoms with Crippen LogP contribution in [0.25, 0.3) is 17.0 Å². The summed E-state index contributed by atoms with van der Waals surface area (Å²) in [6.45, 7) is 6.04. The minimum absolute atomic E-state index is 0.0536. The number of ketones is 1. The average molecular weight is 473 g/mol. The van der Waals surface area contributed by atoms with E-state index in [0.29, 0.717) is 38.8 Å². The van der Waals surface area contributed by atoms with Crippen molar-refractivity contribution in [1.29, 1.82) is 0 Å². The fraction of sp³-hybridized carbons (Fsp3) is 0.143. The Balaban J connectivity index is 1.38. The summed E-state index contributed by atoms with van der Waals surface area (Å²) in [5.41, 5.74) is 3.74. The Morgan fingerprint density at radius 3 is 2.53 bits per heavy atom. The summed E-state index contributed by atoms with van der Waals surface area (Å²) in [6, 6.07) is 17.8. The van der Waals surface area contributed by atoms with Gasteiger partial charge < -0.3 is 13.9 Å². The van der Waals surface area contributed by atoms with Crippen LogP contribution in [0.2, 0.25) is 5.02 Å². The zero-order valence-corrected chi connectivity index (χ0v) is 19.6. The molecule has 6 heteroatoms. The molecule has 0 aliphatic carbocycles. The van der Waals surface area contributed by atoms with Gasteiger partial charge in [-0.25, -0.2) is 4.79 Å². The topological polar surface area (TPSA) is 65.7 Å². The lowest BCUT2D eigenvalue weighted by Gasteiger charge is -2.06. The number of halogens is 1. The van der Waals surface area contributed by atoms with Crippen LogP contribution in [0.3, 0.4) is 0 Å². The van der Waals surface area contributed by atoms with Crippen LogP contribution in [0.5, 0.6) is 11.5 Å². The fourth-order valence-corrected chi connectivity index (χ4v) is 4.12. The number of aryl methyl sites for hydroxylation is 1. The van der Waals surface area contributed by atoms with E-state index < -0.39 is 5.97 Å². The van der Waals surface area contributed by atoms with E-state index in [1.807, 2.05) is 24.3 Å². The number of ether oxygens (including phenoxy) is 2. The first-order valence-corrected chi connectivity index (χ1v) is 11.3. The highest BCUT2D eigenvalue weighted by Gasteiger charge is 2.30. The Labute approximate surface area is 201 Å². The van der Waals surface area contributed by atoms with Gasteiger partial charge in [-0.3, -0.25) is 4.79 Å². The van der Waals surface area contributed by atoms with Crippen molar-refractivity contribution in [2.75, 3.05) is 0 Å². The summed E-state index contributed by atoms with van der Waals surface area (Å²) in [5, 5.41) is 1.25. The summed E-state index contributed by atoms with van der Waals surface area (Å²) in [5.74, 6) is 0.469. The maximum atomic E-state index is 13.0. The van der Waals surface area contributed by atoms with Crippen molar-refractivity contribution in [2.45, 2.75) is 26.7 Å². The summed E-state index contributed by atoms with van der Waals surface area (Å²) < 4.78 is 16.9. The van der Waals surface area contributed by atoms with Crippen molar-refractivity contribution >= 4 is 40.4 Å². The van der Waals surface area contributed by atoms with Crippen molar-refractivity contribution < 1.29 is 23.5 Å². The van der Waals surface area contributed by atoms with E-state index in [1.54, 1.807) is 49.4 Å². The lowest BCUT2D eigenvalue weighted by Crippen LogP contribution is -2.07. The number of hydrogen-bond donors (Lipinski definition) is 0. The van der Waals surface area contributed by atoms with Crippen LogP contribution in [0, 0.1) is 6.92 Å². The molecule has 34 heavy (non-hydrogen) atoms. The third-order valence-electron chi connectivity index (χ3n) is 5.73. The van der Waals surface area contributed by atoms with Gasteiger partial charge in [0.1, 0.15) is 17.1 Å². The van der Waals surface area contributed by atoms with Crippen LogP contribution >= 0.6 is 11.6 Å². The lowest BCUT2D eigenvalue weighted by molar-refractivity contribution is 0.0703. The average Bonchev–Trinajstić information content (AvgIpc) is 3.35. The van der Waals surface area contributed by atoms with Gasteiger partial charge in [0, 0.05) is 16.5 Å². The second-order valence-electron chi connectivity index (χ2n) is 8.56. The van der Waals surface area contributed by atoms with Crippen molar-refractivity contribution in [3.8, 4) is 11.5 Å². The van der Waals surface area contributed by atoms with E-state index in [9.17, 15) is 9.59 Å². The molecule has 0 saturated heterocycles. The van der Waals surface area contributed by atoms with Gasteiger partial charge in [-0.15, -0.1) is 0 Å². The Morgan fingerprint density at radius 2 is 1.79 bits per heavy atom. The number of fused-ring (bicyclic) bond motifs is 2. The third-order valence-corrected chi connectivity index (χ3v) is 5.97.